The van der Waals surface area contributed by atoms with Crippen LogP contribution in [0.5, 0.6) is 0 Å². The van der Waals surface area contributed by atoms with Gasteiger partial charge >= 0.3 is 6.09 Å². The normalized spacial score (nSPS) is 14.9. The van der Waals surface area contributed by atoms with E-state index in [4.69, 9.17) is 15.2 Å². The molecule has 5 nitrogen and oxygen atoms in total. The third-order valence-corrected chi connectivity index (χ3v) is 4.21. The van der Waals surface area contributed by atoms with Gasteiger partial charge in [-0.2, -0.15) is 0 Å². The van der Waals surface area contributed by atoms with Crippen molar-refractivity contribution in [2.24, 2.45) is 0 Å². The van der Waals surface area contributed by atoms with Gasteiger partial charge < -0.3 is 20.1 Å². The molecule has 1 amide bonds. The van der Waals surface area contributed by atoms with E-state index in [2.05, 4.69) is 12.1 Å². The van der Waals surface area contributed by atoms with Crippen molar-refractivity contribution < 1.29 is 14.3 Å². The van der Waals surface area contributed by atoms with Crippen molar-refractivity contribution in [1.82, 2.24) is 4.90 Å². The van der Waals surface area contributed by atoms with Crippen LogP contribution in [-0.2, 0) is 28.7 Å². The zero-order valence-electron chi connectivity index (χ0n) is 15.4. The number of benzene rings is 1. The molecule has 1 aromatic rings. The third kappa shape index (κ3) is 5.13. The summed E-state index contributed by atoms with van der Waals surface area (Å²) >= 11 is 0. The lowest BCUT2D eigenvalue weighted by molar-refractivity contribution is 0.0258. The number of anilines is 1. The van der Waals surface area contributed by atoms with Gasteiger partial charge in [0.05, 0.1) is 0 Å². The van der Waals surface area contributed by atoms with E-state index < -0.39 is 5.60 Å². The topological polar surface area (TPSA) is 64.8 Å². The number of carbonyl (C=O) groups is 1. The Labute approximate surface area is 145 Å². The Morgan fingerprint density at radius 1 is 1.21 bits per heavy atom. The predicted octanol–water partition coefficient (Wildman–Crippen LogP) is 3.18. The smallest absolute Gasteiger partial charge is 0.410 e. The summed E-state index contributed by atoms with van der Waals surface area (Å²) in [6.07, 6.45) is 3.30. The lowest BCUT2D eigenvalue weighted by Crippen LogP contribution is -2.38. The molecule has 0 aromatic heterocycles. The maximum Gasteiger partial charge on any atom is 0.410 e. The van der Waals surface area contributed by atoms with Gasteiger partial charge in [-0.15, -0.1) is 0 Å². The van der Waals surface area contributed by atoms with E-state index in [0.717, 1.165) is 38.0 Å². The lowest BCUT2D eigenvalue weighted by Gasteiger charge is -2.26. The van der Waals surface area contributed by atoms with Gasteiger partial charge in [-0.3, -0.25) is 0 Å². The first-order valence-corrected chi connectivity index (χ1v) is 8.67. The Bertz CT molecular complexity index is 579. The largest absolute Gasteiger partial charge is 0.444 e. The number of nitrogens with zero attached hydrogens (tertiary/aromatic N) is 1. The first kappa shape index (κ1) is 18.6. The highest BCUT2D eigenvalue weighted by molar-refractivity contribution is 5.68. The van der Waals surface area contributed by atoms with Crippen LogP contribution in [-0.4, -0.2) is 43.4 Å². The van der Waals surface area contributed by atoms with Crippen LogP contribution >= 0.6 is 0 Å². The second-order valence-electron chi connectivity index (χ2n) is 7.38. The Kier molecular flexibility index (Phi) is 6.10. The van der Waals surface area contributed by atoms with Gasteiger partial charge in [0.15, 0.2) is 0 Å². The Balaban J connectivity index is 2.06. The van der Waals surface area contributed by atoms with E-state index in [0.29, 0.717) is 13.1 Å². The Hall–Kier alpha value is -1.75. The maximum absolute atomic E-state index is 12.3. The molecule has 1 aliphatic rings. The van der Waals surface area contributed by atoms with Crippen LogP contribution in [0.2, 0.25) is 0 Å². The molecule has 2 rings (SSSR count). The number of hydrogen-bond donors (Lipinski definition) is 1. The van der Waals surface area contributed by atoms with Gasteiger partial charge in [-0.05, 0) is 69.2 Å². The Morgan fingerprint density at radius 2 is 1.83 bits per heavy atom. The molecule has 24 heavy (non-hydrogen) atoms. The SMILES string of the molecule is COCCCc1cc2c(cc1N)CCN(C(=O)OC(C)(C)C)CC2. The van der Waals surface area contributed by atoms with Crippen LogP contribution in [0.25, 0.3) is 0 Å². The highest BCUT2D eigenvalue weighted by Gasteiger charge is 2.24. The van der Waals surface area contributed by atoms with Crippen LogP contribution in [0.15, 0.2) is 12.1 Å². The fourth-order valence-corrected chi connectivity index (χ4v) is 2.98. The van der Waals surface area contributed by atoms with E-state index in [9.17, 15) is 4.79 Å². The molecule has 0 aliphatic carbocycles. The van der Waals surface area contributed by atoms with Gasteiger partial charge in [-0.25, -0.2) is 4.79 Å². The number of nitrogen functional groups attached to an aromatic ring is 1. The average molecular weight is 334 g/mol. The standard InChI is InChI=1S/C19H30N2O3/c1-19(2,3)24-18(22)21-9-7-14-12-16(6-5-11-23-4)17(20)13-15(14)8-10-21/h12-13H,5-11,20H2,1-4H3. The molecule has 1 heterocycles. The summed E-state index contributed by atoms with van der Waals surface area (Å²) in [5.74, 6) is 0. The molecule has 5 heteroatoms. The van der Waals surface area contributed by atoms with Crippen molar-refractivity contribution >= 4 is 11.8 Å². The number of fused-ring (bicyclic) bond motifs is 1. The van der Waals surface area contributed by atoms with Gasteiger partial charge in [0.25, 0.3) is 0 Å². The van der Waals surface area contributed by atoms with E-state index in [-0.39, 0.29) is 6.09 Å². The molecular formula is C19H30N2O3. The quantitative estimate of drug-likeness (QED) is 0.678. The van der Waals surface area contributed by atoms with Crippen LogP contribution in [0.1, 0.15) is 43.9 Å². The zero-order valence-corrected chi connectivity index (χ0v) is 15.4. The number of hydrogen-bond acceptors (Lipinski definition) is 4. The molecule has 134 valence electrons. The van der Waals surface area contributed by atoms with Crippen LogP contribution in [0.4, 0.5) is 10.5 Å². The summed E-state index contributed by atoms with van der Waals surface area (Å²) in [5.41, 5.74) is 10.3. The average Bonchev–Trinajstić information content (AvgIpc) is 2.68. The molecule has 0 fully saturated rings. The number of nitrogens with two attached hydrogens (primary N) is 1. The summed E-state index contributed by atoms with van der Waals surface area (Å²) in [7, 11) is 1.71. The molecule has 2 N–H and O–H groups in total. The number of ether oxygens (including phenoxy) is 2. The minimum Gasteiger partial charge on any atom is -0.444 e. The second kappa shape index (κ2) is 7.88. The second-order valence-corrected chi connectivity index (χ2v) is 7.38. The highest BCUT2D eigenvalue weighted by Crippen LogP contribution is 2.24. The minimum absolute atomic E-state index is 0.233. The van der Waals surface area contributed by atoms with E-state index in [1.165, 1.54) is 16.7 Å². The first-order chi connectivity index (χ1) is 11.3. The van der Waals surface area contributed by atoms with Crippen molar-refractivity contribution in [3.05, 3.63) is 28.8 Å². The lowest BCUT2D eigenvalue weighted by atomic mass is 9.96. The molecule has 0 saturated carbocycles. The summed E-state index contributed by atoms with van der Waals surface area (Å²) < 4.78 is 10.6. The van der Waals surface area contributed by atoms with Crippen LogP contribution in [0, 0.1) is 0 Å². The summed E-state index contributed by atoms with van der Waals surface area (Å²) in [6, 6.07) is 4.29. The molecule has 0 radical (unpaired) electrons. The summed E-state index contributed by atoms with van der Waals surface area (Å²) in [6.45, 7) is 7.77. The monoisotopic (exact) mass is 334 g/mol. The third-order valence-electron chi connectivity index (χ3n) is 4.21. The van der Waals surface area contributed by atoms with E-state index in [1.54, 1.807) is 12.0 Å². The number of amides is 1. The van der Waals surface area contributed by atoms with Crippen LogP contribution < -0.4 is 5.73 Å². The first-order valence-electron chi connectivity index (χ1n) is 8.67. The molecule has 0 atom stereocenters. The molecule has 0 bridgehead atoms. The predicted molar refractivity (Wildman–Crippen MR) is 96.3 cm³/mol. The zero-order chi connectivity index (χ0) is 17.7. The highest BCUT2D eigenvalue weighted by atomic mass is 16.6. The minimum atomic E-state index is -0.463. The maximum atomic E-state index is 12.3. The molecule has 1 aliphatic heterocycles. The number of rotatable bonds is 4. The molecular weight excluding hydrogens is 304 g/mol. The van der Waals surface area contributed by atoms with E-state index in [1.807, 2.05) is 20.8 Å². The van der Waals surface area contributed by atoms with Crippen molar-refractivity contribution in [2.45, 2.75) is 52.1 Å². The summed E-state index contributed by atoms with van der Waals surface area (Å²) in [5, 5.41) is 0. The molecule has 0 saturated heterocycles. The van der Waals surface area contributed by atoms with Crippen molar-refractivity contribution in [3.63, 3.8) is 0 Å². The van der Waals surface area contributed by atoms with Gasteiger partial charge in [0.2, 0.25) is 0 Å². The van der Waals surface area contributed by atoms with Gasteiger partial charge in [0.1, 0.15) is 5.60 Å². The fraction of sp³-hybridized carbons (Fsp3) is 0.632. The van der Waals surface area contributed by atoms with Gasteiger partial charge in [0, 0.05) is 32.5 Å². The molecule has 0 spiro atoms. The molecule has 1 aromatic carbocycles. The van der Waals surface area contributed by atoms with Crippen molar-refractivity contribution in [2.75, 3.05) is 32.5 Å². The summed E-state index contributed by atoms with van der Waals surface area (Å²) in [4.78, 5) is 14.1. The van der Waals surface area contributed by atoms with Crippen LogP contribution in [0.3, 0.4) is 0 Å². The fourth-order valence-electron chi connectivity index (χ4n) is 2.98. The van der Waals surface area contributed by atoms with E-state index >= 15 is 0 Å². The van der Waals surface area contributed by atoms with Crippen molar-refractivity contribution in [3.8, 4) is 0 Å². The molecule has 0 unspecified atom stereocenters. The van der Waals surface area contributed by atoms with Gasteiger partial charge in [-0.1, -0.05) is 6.07 Å². The number of methoxy groups -OCH3 is 1. The Morgan fingerprint density at radius 3 is 2.42 bits per heavy atom. The van der Waals surface area contributed by atoms with Crippen molar-refractivity contribution in [1.29, 1.82) is 0 Å². The number of aryl methyl sites for hydroxylation is 1. The number of carbonyl (C=O) groups excluding carboxylic acids is 1.